The van der Waals surface area contributed by atoms with Gasteiger partial charge in [0.15, 0.2) is 0 Å². The lowest BCUT2D eigenvalue weighted by molar-refractivity contribution is 0.0460. The molecule has 2 N–H and O–H groups in total. The van der Waals surface area contributed by atoms with Crippen molar-refractivity contribution in [3.63, 3.8) is 0 Å². The van der Waals surface area contributed by atoms with Crippen LogP contribution in [0.3, 0.4) is 0 Å². The van der Waals surface area contributed by atoms with Gasteiger partial charge in [0.25, 0.3) is 0 Å². The average Bonchev–Trinajstić information content (AvgIpc) is 2.38. The SMILES string of the molecule is CC1CCC(C(C)C)C(Oc2cccc(CN)c2)C1. The van der Waals surface area contributed by atoms with Crippen molar-refractivity contribution in [2.75, 3.05) is 0 Å². The zero-order valence-electron chi connectivity index (χ0n) is 12.4. The van der Waals surface area contributed by atoms with Crippen LogP contribution in [-0.2, 0) is 6.54 Å². The lowest BCUT2D eigenvalue weighted by Crippen LogP contribution is -2.36. The Hall–Kier alpha value is -1.02. The minimum atomic E-state index is 0.358. The van der Waals surface area contributed by atoms with Crippen molar-refractivity contribution in [1.29, 1.82) is 0 Å². The van der Waals surface area contributed by atoms with E-state index in [1.165, 1.54) is 19.3 Å². The number of benzene rings is 1. The van der Waals surface area contributed by atoms with Crippen molar-refractivity contribution < 1.29 is 4.74 Å². The summed E-state index contributed by atoms with van der Waals surface area (Å²) in [5.74, 6) is 3.12. The average molecular weight is 261 g/mol. The van der Waals surface area contributed by atoms with Crippen molar-refractivity contribution >= 4 is 0 Å². The van der Waals surface area contributed by atoms with Gasteiger partial charge >= 0.3 is 0 Å². The largest absolute Gasteiger partial charge is 0.490 e. The molecule has 1 fully saturated rings. The monoisotopic (exact) mass is 261 g/mol. The summed E-state index contributed by atoms with van der Waals surface area (Å²) in [6.07, 6.45) is 4.16. The summed E-state index contributed by atoms with van der Waals surface area (Å²) in [7, 11) is 0. The molecule has 106 valence electrons. The van der Waals surface area contributed by atoms with Crippen LogP contribution in [0.5, 0.6) is 5.75 Å². The summed E-state index contributed by atoms with van der Waals surface area (Å²) < 4.78 is 6.29. The molecule has 0 aromatic heterocycles. The predicted octanol–water partition coefficient (Wildman–Crippen LogP) is 3.98. The van der Waals surface area contributed by atoms with Crippen LogP contribution in [0.15, 0.2) is 24.3 Å². The quantitative estimate of drug-likeness (QED) is 0.889. The minimum absolute atomic E-state index is 0.358. The molecule has 1 aliphatic rings. The molecule has 1 aliphatic carbocycles. The summed E-state index contributed by atoms with van der Waals surface area (Å²) in [6, 6.07) is 8.22. The van der Waals surface area contributed by atoms with Crippen LogP contribution in [0.1, 0.15) is 45.6 Å². The molecule has 0 spiro atoms. The molecular formula is C17H27NO. The van der Waals surface area contributed by atoms with Gasteiger partial charge in [-0.1, -0.05) is 39.3 Å². The molecule has 0 saturated heterocycles. The fourth-order valence-electron chi connectivity index (χ4n) is 3.17. The van der Waals surface area contributed by atoms with E-state index < -0.39 is 0 Å². The Morgan fingerprint density at radius 2 is 2.11 bits per heavy atom. The van der Waals surface area contributed by atoms with Gasteiger partial charge < -0.3 is 10.5 Å². The van der Waals surface area contributed by atoms with E-state index in [-0.39, 0.29) is 0 Å². The number of nitrogens with two attached hydrogens (primary N) is 1. The second-order valence-corrected chi connectivity index (χ2v) is 6.33. The number of hydrogen-bond acceptors (Lipinski definition) is 2. The Labute approximate surface area is 117 Å². The highest BCUT2D eigenvalue weighted by Gasteiger charge is 2.32. The second kappa shape index (κ2) is 6.42. The maximum atomic E-state index is 6.29. The van der Waals surface area contributed by atoms with Gasteiger partial charge in [-0.25, -0.2) is 0 Å². The maximum absolute atomic E-state index is 6.29. The van der Waals surface area contributed by atoms with Gasteiger partial charge in [-0.05, 0) is 48.3 Å². The third-order valence-electron chi connectivity index (χ3n) is 4.38. The van der Waals surface area contributed by atoms with E-state index in [0.29, 0.717) is 24.5 Å². The fourth-order valence-corrected chi connectivity index (χ4v) is 3.17. The van der Waals surface area contributed by atoms with Gasteiger partial charge in [0.1, 0.15) is 11.9 Å². The zero-order chi connectivity index (χ0) is 13.8. The van der Waals surface area contributed by atoms with Crippen molar-refractivity contribution in [3.05, 3.63) is 29.8 Å². The van der Waals surface area contributed by atoms with E-state index in [9.17, 15) is 0 Å². The third-order valence-corrected chi connectivity index (χ3v) is 4.38. The summed E-state index contributed by atoms with van der Waals surface area (Å²) in [5, 5.41) is 0. The third kappa shape index (κ3) is 3.73. The Morgan fingerprint density at radius 1 is 1.32 bits per heavy atom. The molecule has 1 aromatic carbocycles. The second-order valence-electron chi connectivity index (χ2n) is 6.33. The smallest absolute Gasteiger partial charge is 0.120 e. The van der Waals surface area contributed by atoms with Gasteiger partial charge in [-0.2, -0.15) is 0 Å². The first-order chi connectivity index (χ1) is 9.10. The summed E-state index contributed by atoms with van der Waals surface area (Å²) in [4.78, 5) is 0. The molecule has 0 heterocycles. The number of rotatable bonds is 4. The lowest BCUT2D eigenvalue weighted by atomic mass is 9.75. The molecular weight excluding hydrogens is 234 g/mol. The Morgan fingerprint density at radius 3 is 2.79 bits per heavy atom. The van der Waals surface area contributed by atoms with Crippen LogP contribution >= 0.6 is 0 Å². The van der Waals surface area contributed by atoms with Crippen LogP contribution in [0, 0.1) is 17.8 Å². The lowest BCUT2D eigenvalue weighted by Gasteiger charge is -2.37. The van der Waals surface area contributed by atoms with Crippen LogP contribution in [0.25, 0.3) is 0 Å². The summed E-state index contributed by atoms with van der Waals surface area (Å²) in [6.45, 7) is 7.54. The number of hydrogen-bond donors (Lipinski definition) is 1. The molecule has 0 amide bonds. The highest BCUT2D eigenvalue weighted by molar-refractivity contribution is 5.28. The fraction of sp³-hybridized carbons (Fsp3) is 0.647. The molecule has 3 unspecified atom stereocenters. The van der Waals surface area contributed by atoms with E-state index in [1.807, 2.05) is 6.07 Å². The Kier molecular flexibility index (Phi) is 4.87. The molecule has 19 heavy (non-hydrogen) atoms. The molecule has 0 bridgehead atoms. The molecule has 2 heteroatoms. The van der Waals surface area contributed by atoms with Crippen molar-refractivity contribution in [3.8, 4) is 5.75 Å². The van der Waals surface area contributed by atoms with Gasteiger partial charge in [0.05, 0.1) is 0 Å². The standard InChI is InChI=1S/C17H27NO/c1-12(2)16-8-7-13(3)9-17(16)19-15-6-4-5-14(10-15)11-18/h4-6,10,12-13,16-17H,7-9,11,18H2,1-3H3. The first-order valence-corrected chi connectivity index (χ1v) is 7.55. The van der Waals surface area contributed by atoms with Crippen LogP contribution in [0.2, 0.25) is 0 Å². The van der Waals surface area contributed by atoms with Crippen molar-refractivity contribution in [2.24, 2.45) is 23.5 Å². The van der Waals surface area contributed by atoms with E-state index in [4.69, 9.17) is 10.5 Å². The maximum Gasteiger partial charge on any atom is 0.120 e. The van der Waals surface area contributed by atoms with Crippen LogP contribution in [0.4, 0.5) is 0 Å². The Balaban J connectivity index is 2.09. The molecule has 2 nitrogen and oxygen atoms in total. The molecule has 3 atom stereocenters. The van der Waals surface area contributed by atoms with E-state index >= 15 is 0 Å². The van der Waals surface area contributed by atoms with E-state index in [2.05, 4.69) is 39.0 Å². The van der Waals surface area contributed by atoms with E-state index in [0.717, 1.165) is 17.2 Å². The first kappa shape index (κ1) is 14.4. The highest BCUT2D eigenvalue weighted by atomic mass is 16.5. The van der Waals surface area contributed by atoms with Gasteiger partial charge in [-0.15, -0.1) is 0 Å². The van der Waals surface area contributed by atoms with Crippen LogP contribution in [-0.4, -0.2) is 6.10 Å². The molecule has 0 aliphatic heterocycles. The summed E-state index contributed by atoms with van der Waals surface area (Å²) in [5.41, 5.74) is 6.84. The molecule has 2 rings (SSSR count). The normalized spacial score (nSPS) is 27.5. The molecule has 0 radical (unpaired) electrons. The van der Waals surface area contributed by atoms with E-state index in [1.54, 1.807) is 0 Å². The van der Waals surface area contributed by atoms with Gasteiger partial charge in [0.2, 0.25) is 0 Å². The topological polar surface area (TPSA) is 35.2 Å². The van der Waals surface area contributed by atoms with Gasteiger partial charge in [0, 0.05) is 6.54 Å². The Bertz CT molecular complexity index is 402. The van der Waals surface area contributed by atoms with Crippen molar-refractivity contribution in [1.82, 2.24) is 0 Å². The number of ether oxygens (including phenoxy) is 1. The minimum Gasteiger partial charge on any atom is -0.490 e. The van der Waals surface area contributed by atoms with Crippen molar-refractivity contribution in [2.45, 2.75) is 52.7 Å². The molecule has 1 saturated carbocycles. The summed E-state index contributed by atoms with van der Waals surface area (Å²) >= 11 is 0. The molecule has 1 aromatic rings. The predicted molar refractivity (Wildman–Crippen MR) is 80.1 cm³/mol. The van der Waals surface area contributed by atoms with Gasteiger partial charge in [-0.3, -0.25) is 0 Å². The van der Waals surface area contributed by atoms with Crippen LogP contribution < -0.4 is 10.5 Å². The highest BCUT2D eigenvalue weighted by Crippen LogP contribution is 2.36. The zero-order valence-corrected chi connectivity index (χ0v) is 12.4. The first-order valence-electron chi connectivity index (χ1n) is 7.55.